The average molecular weight is 350 g/mol. The van der Waals surface area contributed by atoms with Gasteiger partial charge in [-0.25, -0.2) is 9.48 Å². The fourth-order valence-electron chi connectivity index (χ4n) is 3.88. The number of hydrogen-bond donors (Lipinski definition) is 0. The first-order valence-corrected chi connectivity index (χ1v) is 9.22. The Morgan fingerprint density at radius 1 is 1.23 bits per heavy atom. The van der Waals surface area contributed by atoms with E-state index in [0.29, 0.717) is 12.2 Å². The molecule has 1 saturated heterocycles. The number of ether oxygens (including phenoxy) is 1. The summed E-state index contributed by atoms with van der Waals surface area (Å²) in [6, 6.07) is 12.1. The van der Waals surface area contributed by atoms with Gasteiger partial charge in [-0.05, 0) is 44.2 Å². The van der Waals surface area contributed by atoms with Crippen LogP contribution in [-0.4, -0.2) is 46.4 Å². The Bertz CT molecular complexity index is 829. The fraction of sp³-hybridized carbons (Fsp3) is 0.450. The van der Waals surface area contributed by atoms with Crippen LogP contribution in [0, 0.1) is 11.3 Å². The molecule has 1 fully saturated rings. The molecule has 0 unspecified atom stereocenters. The monoisotopic (exact) mass is 350 g/mol. The molecule has 26 heavy (non-hydrogen) atoms. The largest absolute Gasteiger partial charge is 0.457 e. The van der Waals surface area contributed by atoms with Crippen molar-refractivity contribution in [2.24, 2.45) is 0 Å². The lowest BCUT2D eigenvalue weighted by Gasteiger charge is -2.29. The molecule has 1 aromatic heterocycles. The first-order chi connectivity index (χ1) is 12.8. The van der Waals surface area contributed by atoms with Crippen LogP contribution in [0.4, 0.5) is 0 Å². The molecule has 6 nitrogen and oxygen atoms in total. The highest BCUT2D eigenvalue weighted by Gasteiger charge is 2.30. The average Bonchev–Trinajstić information content (AvgIpc) is 3.27. The van der Waals surface area contributed by atoms with E-state index in [1.54, 1.807) is 0 Å². The topological polar surface area (TPSA) is 71.2 Å². The van der Waals surface area contributed by atoms with Gasteiger partial charge in [-0.2, -0.15) is 10.4 Å². The van der Waals surface area contributed by atoms with Crippen LogP contribution < -0.4 is 0 Å². The smallest absolute Gasteiger partial charge is 0.359 e. The lowest BCUT2D eigenvalue weighted by Crippen LogP contribution is -2.38. The van der Waals surface area contributed by atoms with Gasteiger partial charge in [0.1, 0.15) is 6.10 Å². The predicted octanol–water partition coefficient (Wildman–Crippen LogP) is 2.51. The first-order valence-electron chi connectivity index (χ1n) is 9.22. The van der Waals surface area contributed by atoms with Crippen molar-refractivity contribution in [3.63, 3.8) is 0 Å². The van der Waals surface area contributed by atoms with Gasteiger partial charge in [-0.3, -0.25) is 4.90 Å². The number of nitrogens with zero attached hydrogens (tertiary/aromatic N) is 4. The van der Waals surface area contributed by atoms with Crippen molar-refractivity contribution in [3.05, 3.63) is 47.3 Å². The highest BCUT2D eigenvalue weighted by molar-refractivity contribution is 5.89. The highest BCUT2D eigenvalue weighted by Crippen LogP contribution is 2.29. The van der Waals surface area contributed by atoms with E-state index < -0.39 is 0 Å². The lowest BCUT2D eigenvalue weighted by molar-refractivity contribution is 0.0119. The van der Waals surface area contributed by atoms with Crippen LogP contribution in [0.3, 0.4) is 0 Å². The van der Waals surface area contributed by atoms with Crippen LogP contribution in [0.5, 0.6) is 0 Å². The zero-order valence-corrected chi connectivity index (χ0v) is 14.7. The van der Waals surface area contributed by atoms with E-state index in [2.05, 4.69) is 16.1 Å². The van der Waals surface area contributed by atoms with E-state index >= 15 is 0 Å². The van der Waals surface area contributed by atoms with Crippen molar-refractivity contribution in [3.8, 4) is 11.8 Å². The minimum absolute atomic E-state index is 0.0867. The number of hydrogen-bond acceptors (Lipinski definition) is 5. The minimum atomic E-state index is -0.309. The van der Waals surface area contributed by atoms with Gasteiger partial charge in [0.25, 0.3) is 0 Å². The third-order valence-corrected chi connectivity index (χ3v) is 5.23. The molecule has 2 aromatic rings. The maximum absolute atomic E-state index is 12.8. The van der Waals surface area contributed by atoms with Gasteiger partial charge < -0.3 is 4.74 Å². The van der Waals surface area contributed by atoms with Crippen LogP contribution in [-0.2, 0) is 17.6 Å². The number of para-hydroxylation sites is 1. The number of likely N-dealkylation sites (tertiary alicyclic amines) is 1. The Kier molecular flexibility index (Phi) is 4.72. The second-order valence-electron chi connectivity index (χ2n) is 6.91. The second kappa shape index (κ2) is 7.30. The molecule has 1 aliphatic carbocycles. The number of nitriles is 1. The third kappa shape index (κ3) is 3.23. The zero-order chi connectivity index (χ0) is 17.9. The summed E-state index contributed by atoms with van der Waals surface area (Å²) in [7, 11) is 0. The van der Waals surface area contributed by atoms with Crippen LogP contribution in [0.25, 0.3) is 5.69 Å². The number of benzene rings is 1. The molecule has 0 radical (unpaired) electrons. The molecule has 0 saturated carbocycles. The summed E-state index contributed by atoms with van der Waals surface area (Å²) < 4.78 is 7.65. The molecular weight excluding hydrogens is 328 g/mol. The van der Waals surface area contributed by atoms with E-state index in [0.717, 1.165) is 62.1 Å². The molecule has 0 atom stereocenters. The van der Waals surface area contributed by atoms with Crippen LogP contribution in [0.1, 0.15) is 41.0 Å². The van der Waals surface area contributed by atoms with Crippen LogP contribution in [0.2, 0.25) is 0 Å². The van der Waals surface area contributed by atoms with Crippen LogP contribution >= 0.6 is 0 Å². The quantitative estimate of drug-likeness (QED) is 0.626. The molecule has 2 aliphatic rings. The molecular formula is C20H22N4O2. The Morgan fingerprint density at radius 2 is 2.00 bits per heavy atom. The van der Waals surface area contributed by atoms with Crippen molar-refractivity contribution in [2.45, 2.75) is 38.2 Å². The Morgan fingerprint density at radius 3 is 2.73 bits per heavy atom. The van der Waals surface area contributed by atoms with Crippen molar-refractivity contribution in [2.75, 3.05) is 19.6 Å². The molecule has 0 amide bonds. The summed E-state index contributed by atoms with van der Waals surface area (Å²) >= 11 is 0. The normalized spacial score (nSPS) is 17.7. The summed E-state index contributed by atoms with van der Waals surface area (Å²) in [4.78, 5) is 14.8. The van der Waals surface area contributed by atoms with Gasteiger partial charge in [0.15, 0.2) is 5.69 Å². The summed E-state index contributed by atoms with van der Waals surface area (Å²) in [5.41, 5.74) is 3.63. The zero-order valence-electron chi connectivity index (χ0n) is 14.7. The van der Waals surface area contributed by atoms with E-state index in [1.165, 1.54) is 0 Å². The SMILES string of the molecule is N#CCN1CCC(OC(=O)c2nn(-c3ccccc3)c3c2CCC3)CC1. The predicted molar refractivity (Wildman–Crippen MR) is 96.1 cm³/mol. The van der Waals surface area contributed by atoms with Crippen molar-refractivity contribution in [1.82, 2.24) is 14.7 Å². The van der Waals surface area contributed by atoms with Gasteiger partial charge in [0.2, 0.25) is 0 Å². The Hall–Kier alpha value is -2.65. The number of fused-ring (bicyclic) bond motifs is 1. The first kappa shape index (κ1) is 16.8. The van der Waals surface area contributed by atoms with Crippen molar-refractivity contribution >= 4 is 5.97 Å². The molecule has 1 aromatic carbocycles. The summed E-state index contributed by atoms with van der Waals surface area (Å²) in [6.45, 7) is 2.03. The third-order valence-electron chi connectivity index (χ3n) is 5.23. The Labute approximate surface area is 153 Å². The number of esters is 1. The molecule has 2 heterocycles. The summed E-state index contributed by atoms with van der Waals surface area (Å²) in [6.07, 6.45) is 4.33. The maximum atomic E-state index is 12.8. The standard InChI is InChI=1S/C20H22N4O2/c21-11-14-23-12-9-16(10-13-23)26-20(25)19-17-7-4-8-18(17)24(22-19)15-5-2-1-3-6-15/h1-3,5-6,16H,4,7-10,12-14H2. The maximum Gasteiger partial charge on any atom is 0.359 e. The molecule has 0 bridgehead atoms. The molecule has 4 rings (SSSR count). The molecule has 6 heteroatoms. The molecule has 1 aliphatic heterocycles. The summed E-state index contributed by atoms with van der Waals surface area (Å²) in [5.74, 6) is -0.309. The second-order valence-corrected chi connectivity index (χ2v) is 6.91. The Balaban J connectivity index is 1.50. The van der Waals surface area contributed by atoms with Crippen molar-refractivity contribution in [1.29, 1.82) is 5.26 Å². The van der Waals surface area contributed by atoms with Gasteiger partial charge >= 0.3 is 5.97 Å². The summed E-state index contributed by atoms with van der Waals surface area (Å²) in [5, 5.41) is 13.4. The van der Waals surface area contributed by atoms with E-state index in [1.807, 2.05) is 35.0 Å². The van der Waals surface area contributed by atoms with Gasteiger partial charge in [-0.1, -0.05) is 18.2 Å². The fourth-order valence-corrected chi connectivity index (χ4v) is 3.88. The van der Waals surface area contributed by atoms with E-state index in [-0.39, 0.29) is 12.1 Å². The number of rotatable bonds is 4. The molecule has 0 spiro atoms. The lowest BCUT2D eigenvalue weighted by atomic mass is 10.1. The van der Waals surface area contributed by atoms with Gasteiger partial charge in [0, 0.05) is 24.3 Å². The number of piperidine rings is 1. The minimum Gasteiger partial charge on any atom is -0.457 e. The number of carbonyl (C=O) groups is 1. The van der Waals surface area contributed by atoms with Crippen molar-refractivity contribution < 1.29 is 9.53 Å². The number of aromatic nitrogens is 2. The van der Waals surface area contributed by atoms with Gasteiger partial charge in [0.05, 0.1) is 18.3 Å². The van der Waals surface area contributed by atoms with Crippen LogP contribution in [0.15, 0.2) is 30.3 Å². The van der Waals surface area contributed by atoms with E-state index in [9.17, 15) is 4.79 Å². The highest BCUT2D eigenvalue weighted by atomic mass is 16.5. The van der Waals surface area contributed by atoms with Gasteiger partial charge in [-0.15, -0.1) is 0 Å². The number of carbonyl (C=O) groups excluding carboxylic acids is 1. The molecule has 134 valence electrons. The van der Waals surface area contributed by atoms with E-state index in [4.69, 9.17) is 10.00 Å². The molecule has 0 N–H and O–H groups in total.